The molecule has 0 aliphatic carbocycles. The number of para-hydroxylation sites is 1. The van der Waals surface area contributed by atoms with Crippen LogP contribution in [0.25, 0.3) is 0 Å². The third-order valence-corrected chi connectivity index (χ3v) is 3.12. The number of rotatable bonds is 4. The number of benzene rings is 1. The van der Waals surface area contributed by atoms with Gasteiger partial charge in [0.25, 0.3) is 0 Å². The lowest BCUT2D eigenvalue weighted by molar-refractivity contribution is 0.0602. The van der Waals surface area contributed by atoms with Crippen molar-refractivity contribution < 1.29 is 9.53 Å². The number of nitrogens with two attached hydrogens (primary N) is 1. The standard InChI is InChI=1S/C13H20N2O2/c1-5-9(2)15(3)11-8-6-7-10(12(11)14)13(16)17-4/h6-9H,5,14H2,1-4H3. The molecule has 0 heterocycles. The molecule has 0 fully saturated rings. The minimum absolute atomic E-state index is 0.366. The molecule has 0 spiro atoms. The molecule has 4 nitrogen and oxygen atoms in total. The maximum atomic E-state index is 11.5. The van der Waals surface area contributed by atoms with Crippen LogP contribution in [0.4, 0.5) is 11.4 Å². The topological polar surface area (TPSA) is 55.6 Å². The average molecular weight is 236 g/mol. The van der Waals surface area contributed by atoms with Gasteiger partial charge in [0.05, 0.1) is 24.0 Å². The Kier molecular flexibility index (Phi) is 4.37. The molecular formula is C13H20N2O2. The first kappa shape index (κ1) is 13.4. The summed E-state index contributed by atoms with van der Waals surface area (Å²) < 4.78 is 4.70. The first-order valence-electron chi connectivity index (χ1n) is 5.72. The van der Waals surface area contributed by atoms with Crippen LogP contribution in [-0.4, -0.2) is 26.2 Å². The highest BCUT2D eigenvalue weighted by Crippen LogP contribution is 2.28. The van der Waals surface area contributed by atoms with Gasteiger partial charge in [-0.2, -0.15) is 0 Å². The lowest BCUT2D eigenvalue weighted by Crippen LogP contribution is -2.29. The molecular weight excluding hydrogens is 216 g/mol. The smallest absolute Gasteiger partial charge is 0.340 e. The van der Waals surface area contributed by atoms with E-state index in [2.05, 4.69) is 18.7 Å². The first-order valence-corrected chi connectivity index (χ1v) is 5.72. The van der Waals surface area contributed by atoms with Gasteiger partial charge >= 0.3 is 5.97 Å². The average Bonchev–Trinajstić information content (AvgIpc) is 2.36. The van der Waals surface area contributed by atoms with E-state index in [1.165, 1.54) is 7.11 Å². The van der Waals surface area contributed by atoms with Gasteiger partial charge in [0.1, 0.15) is 0 Å². The second-order valence-electron chi connectivity index (χ2n) is 4.10. The van der Waals surface area contributed by atoms with Gasteiger partial charge in [-0.15, -0.1) is 0 Å². The van der Waals surface area contributed by atoms with Crippen LogP contribution >= 0.6 is 0 Å². The summed E-state index contributed by atoms with van der Waals surface area (Å²) in [4.78, 5) is 13.6. The number of nitrogen functional groups attached to an aromatic ring is 1. The quantitative estimate of drug-likeness (QED) is 0.643. The summed E-state index contributed by atoms with van der Waals surface area (Å²) in [5.74, 6) is -0.401. The Morgan fingerprint density at radius 1 is 1.53 bits per heavy atom. The number of methoxy groups -OCH3 is 1. The fourth-order valence-electron chi connectivity index (χ4n) is 1.66. The lowest BCUT2D eigenvalue weighted by atomic mass is 10.1. The van der Waals surface area contributed by atoms with Gasteiger partial charge in [0.15, 0.2) is 0 Å². The van der Waals surface area contributed by atoms with Crippen molar-refractivity contribution >= 4 is 17.3 Å². The largest absolute Gasteiger partial charge is 0.465 e. The van der Waals surface area contributed by atoms with Crippen LogP contribution in [0.3, 0.4) is 0 Å². The van der Waals surface area contributed by atoms with Gasteiger partial charge in [-0.25, -0.2) is 4.79 Å². The van der Waals surface area contributed by atoms with E-state index in [0.29, 0.717) is 17.3 Å². The third kappa shape index (κ3) is 2.70. The van der Waals surface area contributed by atoms with Crippen LogP contribution in [-0.2, 0) is 4.74 Å². The van der Waals surface area contributed by atoms with Crippen molar-refractivity contribution in [3.05, 3.63) is 23.8 Å². The van der Waals surface area contributed by atoms with Gasteiger partial charge in [-0.1, -0.05) is 13.0 Å². The molecule has 1 rings (SSSR count). The van der Waals surface area contributed by atoms with E-state index < -0.39 is 5.97 Å². The first-order chi connectivity index (χ1) is 8.02. The molecule has 1 aromatic rings. The molecule has 0 bridgehead atoms. The van der Waals surface area contributed by atoms with Crippen LogP contribution < -0.4 is 10.6 Å². The zero-order valence-electron chi connectivity index (χ0n) is 10.9. The fourth-order valence-corrected chi connectivity index (χ4v) is 1.66. The molecule has 0 radical (unpaired) electrons. The zero-order chi connectivity index (χ0) is 13.0. The summed E-state index contributed by atoms with van der Waals surface area (Å²) in [7, 11) is 3.33. The molecule has 0 amide bonds. The van der Waals surface area contributed by atoms with Gasteiger partial charge in [-0.3, -0.25) is 0 Å². The number of carbonyl (C=O) groups excluding carboxylic acids is 1. The number of hydrogen-bond donors (Lipinski definition) is 1. The Bertz CT molecular complexity index is 404. The maximum absolute atomic E-state index is 11.5. The monoisotopic (exact) mass is 236 g/mol. The Balaban J connectivity index is 3.14. The van der Waals surface area contributed by atoms with E-state index in [9.17, 15) is 4.79 Å². The summed E-state index contributed by atoms with van der Waals surface area (Å²) >= 11 is 0. The number of anilines is 2. The van der Waals surface area contributed by atoms with Crippen molar-refractivity contribution in [1.29, 1.82) is 0 Å². The molecule has 2 N–H and O–H groups in total. The molecule has 1 unspecified atom stereocenters. The summed E-state index contributed by atoms with van der Waals surface area (Å²) in [6.07, 6.45) is 1.01. The van der Waals surface area contributed by atoms with Crippen molar-refractivity contribution in [1.82, 2.24) is 0 Å². The highest BCUT2D eigenvalue weighted by atomic mass is 16.5. The second kappa shape index (κ2) is 5.57. The van der Waals surface area contributed by atoms with Crippen molar-refractivity contribution in [2.75, 3.05) is 24.8 Å². The van der Waals surface area contributed by atoms with Crippen LogP contribution in [0, 0.1) is 0 Å². The van der Waals surface area contributed by atoms with Gasteiger partial charge in [0.2, 0.25) is 0 Å². The minimum Gasteiger partial charge on any atom is -0.465 e. The third-order valence-electron chi connectivity index (χ3n) is 3.12. The highest BCUT2D eigenvalue weighted by Gasteiger charge is 2.16. The second-order valence-corrected chi connectivity index (χ2v) is 4.10. The van der Waals surface area contributed by atoms with E-state index in [1.54, 1.807) is 6.07 Å². The van der Waals surface area contributed by atoms with Crippen LogP contribution in [0.1, 0.15) is 30.6 Å². The van der Waals surface area contributed by atoms with E-state index in [0.717, 1.165) is 12.1 Å². The van der Waals surface area contributed by atoms with Crippen LogP contribution in [0.5, 0.6) is 0 Å². The summed E-state index contributed by atoms with van der Waals surface area (Å²) in [5.41, 5.74) is 7.76. The number of nitrogens with zero attached hydrogens (tertiary/aromatic N) is 1. The predicted molar refractivity (Wildman–Crippen MR) is 70.3 cm³/mol. The van der Waals surface area contributed by atoms with Gasteiger partial charge in [0, 0.05) is 13.1 Å². The van der Waals surface area contributed by atoms with Crippen LogP contribution in [0.15, 0.2) is 18.2 Å². The zero-order valence-corrected chi connectivity index (χ0v) is 10.9. The van der Waals surface area contributed by atoms with E-state index in [-0.39, 0.29) is 0 Å². The molecule has 0 saturated heterocycles. The van der Waals surface area contributed by atoms with Gasteiger partial charge < -0.3 is 15.4 Å². The molecule has 94 valence electrons. The summed E-state index contributed by atoms with van der Waals surface area (Å²) in [6.45, 7) is 4.23. The number of esters is 1. The van der Waals surface area contributed by atoms with Crippen LogP contribution in [0.2, 0.25) is 0 Å². The SMILES string of the molecule is CCC(C)N(C)c1cccc(C(=O)OC)c1N. The molecule has 4 heteroatoms. The fraction of sp³-hybridized carbons (Fsp3) is 0.462. The van der Waals surface area contributed by atoms with Crippen molar-refractivity contribution in [3.63, 3.8) is 0 Å². The van der Waals surface area contributed by atoms with Crippen molar-refractivity contribution in [3.8, 4) is 0 Å². The minimum atomic E-state index is -0.401. The van der Waals surface area contributed by atoms with Crippen molar-refractivity contribution in [2.45, 2.75) is 26.3 Å². The van der Waals surface area contributed by atoms with Gasteiger partial charge in [-0.05, 0) is 25.5 Å². The Hall–Kier alpha value is -1.71. The Morgan fingerprint density at radius 2 is 2.18 bits per heavy atom. The van der Waals surface area contributed by atoms with E-state index in [1.807, 2.05) is 19.2 Å². The number of ether oxygens (including phenoxy) is 1. The maximum Gasteiger partial charge on any atom is 0.340 e. The number of hydrogen-bond acceptors (Lipinski definition) is 4. The molecule has 0 aromatic heterocycles. The lowest BCUT2D eigenvalue weighted by Gasteiger charge is -2.27. The molecule has 0 aliphatic rings. The molecule has 0 saturated carbocycles. The summed E-state index contributed by atoms with van der Waals surface area (Å²) in [5, 5.41) is 0. The van der Waals surface area contributed by atoms with Crippen molar-refractivity contribution in [2.24, 2.45) is 0 Å². The highest BCUT2D eigenvalue weighted by molar-refractivity contribution is 5.98. The number of carbonyl (C=O) groups is 1. The van der Waals surface area contributed by atoms with E-state index in [4.69, 9.17) is 10.5 Å². The molecule has 17 heavy (non-hydrogen) atoms. The normalized spacial score (nSPS) is 12.0. The Morgan fingerprint density at radius 3 is 2.71 bits per heavy atom. The predicted octanol–water partition coefficient (Wildman–Crippen LogP) is 2.29. The summed E-state index contributed by atoms with van der Waals surface area (Å²) in [6, 6.07) is 5.77. The van der Waals surface area contributed by atoms with E-state index >= 15 is 0 Å². The molecule has 0 aliphatic heterocycles. The molecule has 1 atom stereocenters. The Labute approximate surface area is 102 Å². The molecule has 1 aromatic carbocycles.